The first-order chi connectivity index (χ1) is 11.1. The highest BCUT2D eigenvalue weighted by atomic mass is 16.2. The smallest absolute Gasteiger partial charge is 0.253 e. The highest BCUT2D eigenvalue weighted by Gasteiger charge is 2.24. The molecule has 0 aliphatic heterocycles. The van der Waals surface area contributed by atoms with Crippen LogP contribution in [0.3, 0.4) is 0 Å². The zero-order valence-electron chi connectivity index (χ0n) is 13.0. The molecular weight excluding hydrogens is 290 g/mol. The van der Waals surface area contributed by atoms with E-state index in [1.807, 2.05) is 37.3 Å². The molecule has 2 amide bonds. The molecule has 1 aliphatic rings. The first kappa shape index (κ1) is 15.2. The maximum atomic E-state index is 12.4. The fraction of sp³-hybridized carbons (Fsp3) is 0.278. The van der Waals surface area contributed by atoms with E-state index in [2.05, 4.69) is 15.6 Å². The molecule has 118 valence electrons. The largest absolute Gasteiger partial charge is 0.349 e. The van der Waals surface area contributed by atoms with Crippen molar-refractivity contribution in [3.05, 3.63) is 65.5 Å². The molecule has 1 atom stereocenters. The van der Waals surface area contributed by atoms with Crippen molar-refractivity contribution in [3.8, 4) is 0 Å². The Morgan fingerprint density at radius 2 is 1.74 bits per heavy atom. The third-order valence-corrected chi connectivity index (χ3v) is 3.82. The zero-order valence-corrected chi connectivity index (χ0v) is 13.0. The van der Waals surface area contributed by atoms with Gasteiger partial charge in [-0.15, -0.1) is 0 Å². The Labute approximate surface area is 135 Å². The third-order valence-electron chi connectivity index (χ3n) is 3.82. The van der Waals surface area contributed by atoms with Gasteiger partial charge in [0.2, 0.25) is 0 Å². The van der Waals surface area contributed by atoms with Gasteiger partial charge in [-0.05, 0) is 31.4 Å². The van der Waals surface area contributed by atoms with E-state index < -0.39 is 0 Å². The van der Waals surface area contributed by atoms with Gasteiger partial charge in [-0.1, -0.05) is 30.3 Å². The molecule has 1 fully saturated rings. The average Bonchev–Trinajstić information content (AvgIpc) is 3.39. The van der Waals surface area contributed by atoms with Crippen LogP contribution in [0.4, 0.5) is 0 Å². The van der Waals surface area contributed by atoms with Crippen molar-refractivity contribution in [1.82, 2.24) is 15.6 Å². The number of carbonyl (C=O) groups is 2. The average molecular weight is 309 g/mol. The summed E-state index contributed by atoms with van der Waals surface area (Å²) in [4.78, 5) is 28.4. The highest BCUT2D eigenvalue weighted by Crippen LogP contribution is 2.19. The van der Waals surface area contributed by atoms with Crippen LogP contribution in [0.5, 0.6) is 0 Å². The standard InChI is InChI=1S/C18H19N3O2/c1-12(13-5-3-2-4-6-13)20-17(22)14-9-15(11-19-10-14)18(23)21-16-7-8-16/h2-6,9-12,16H,7-8H2,1H3,(H,20,22)(H,21,23). The van der Waals surface area contributed by atoms with Crippen molar-refractivity contribution < 1.29 is 9.59 Å². The molecule has 0 spiro atoms. The summed E-state index contributed by atoms with van der Waals surface area (Å²) in [6, 6.07) is 11.5. The van der Waals surface area contributed by atoms with Gasteiger partial charge in [-0.3, -0.25) is 14.6 Å². The summed E-state index contributed by atoms with van der Waals surface area (Å²) < 4.78 is 0. The normalized spacial score (nSPS) is 14.8. The predicted octanol–water partition coefficient (Wildman–Crippen LogP) is 2.46. The quantitative estimate of drug-likeness (QED) is 0.891. The minimum absolute atomic E-state index is 0.118. The SMILES string of the molecule is CC(NC(=O)c1cncc(C(=O)NC2CC2)c1)c1ccccc1. The lowest BCUT2D eigenvalue weighted by Crippen LogP contribution is -2.28. The Morgan fingerprint density at radius 3 is 2.39 bits per heavy atom. The van der Waals surface area contributed by atoms with Crippen LogP contribution in [0.25, 0.3) is 0 Å². The molecule has 2 N–H and O–H groups in total. The second-order valence-electron chi connectivity index (χ2n) is 5.82. The van der Waals surface area contributed by atoms with E-state index in [0.717, 1.165) is 18.4 Å². The Balaban J connectivity index is 1.68. The molecule has 0 radical (unpaired) electrons. The summed E-state index contributed by atoms with van der Waals surface area (Å²) in [7, 11) is 0. The molecule has 2 aromatic rings. The van der Waals surface area contributed by atoms with Gasteiger partial charge in [0.25, 0.3) is 11.8 Å². The monoisotopic (exact) mass is 309 g/mol. The van der Waals surface area contributed by atoms with Crippen LogP contribution < -0.4 is 10.6 Å². The highest BCUT2D eigenvalue weighted by molar-refractivity contribution is 5.99. The van der Waals surface area contributed by atoms with Crippen LogP contribution in [0.2, 0.25) is 0 Å². The third kappa shape index (κ3) is 3.94. The number of amides is 2. The van der Waals surface area contributed by atoms with Crippen molar-refractivity contribution in [3.63, 3.8) is 0 Å². The summed E-state index contributed by atoms with van der Waals surface area (Å²) in [5.74, 6) is -0.416. The fourth-order valence-electron chi connectivity index (χ4n) is 2.29. The Kier molecular flexibility index (Phi) is 4.37. The van der Waals surface area contributed by atoms with Gasteiger partial charge in [-0.2, -0.15) is 0 Å². The maximum Gasteiger partial charge on any atom is 0.253 e. The molecule has 0 saturated heterocycles. The molecule has 1 aromatic carbocycles. The maximum absolute atomic E-state index is 12.4. The van der Waals surface area contributed by atoms with E-state index >= 15 is 0 Å². The second kappa shape index (κ2) is 6.60. The summed E-state index contributed by atoms with van der Waals surface area (Å²) in [6.45, 7) is 1.92. The number of nitrogens with one attached hydrogen (secondary N) is 2. The molecule has 1 aliphatic carbocycles. The second-order valence-corrected chi connectivity index (χ2v) is 5.82. The van der Waals surface area contributed by atoms with Gasteiger partial charge >= 0.3 is 0 Å². The Morgan fingerprint density at radius 1 is 1.09 bits per heavy atom. The van der Waals surface area contributed by atoms with E-state index in [1.54, 1.807) is 6.07 Å². The van der Waals surface area contributed by atoms with Gasteiger partial charge in [0.1, 0.15) is 0 Å². The van der Waals surface area contributed by atoms with Crippen molar-refractivity contribution in [1.29, 1.82) is 0 Å². The number of benzene rings is 1. The lowest BCUT2D eigenvalue weighted by molar-refractivity contribution is 0.0939. The molecule has 23 heavy (non-hydrogen) atoms. The summed E-state index contributed by atoms with van der Waals surface area (Å²) in [5.41, 5.74) is 1.82. The lowest BCUT2D eigenvalue weighted by atomic mass is 10.1. The van der Waals surface area contributed by atoms with Crippen molar-refractivity contribution in [2.45, 2.75) is 31.8 Å². The predicted molar refractivity (Wildman–Crippen MR) is 87.0 cm³/mol. The van der Waals surface area contributed by atoms with Gasteiger partial charge in [0.15, 0.2) is 0 Å². The molecule has 5 heteroatoms. The van der Waals surface area contributed by atoms with E-state index in [4.69, 9.17) is 0 Å². The summed E-state index contributed by atoms with van der Waals surface area (Å²) in [6.07, 6.45) is 5.00. The molecular formula is C18H19N3O2. The topological polar surface area (TPSA) is 71.1 Å². The van der Waals surface area contributed by atoms with E-state index in [0.29, 0.717) is 11.1 Å². The molecule has 5 nitrogen and oxygen atoms in total. The number of hydrogen-bond donors (Lipinski definition) is 2. The van der Waals surface area contributed by atoms with E-state index in [1.165, 1.54) is 12.4 Å². The van der Waals surface area contributed by atoms with Gasteiger partial charge in [0, 0.05) is 18.4 Å². The Hall–Kier alpha value is -2.69. The number of carbonyl (C=O) groups excluding carboxylic acids is 2. The zero-order chi connectivity index (χ0) is 16.2. The van der Waals surface area contributed by atoms with E-state index in [-0.39, 0.29) is 23.9 Å². The van der Waals surface area contributed by atoms with Crippen molar-refractivity contribution in [2.24, 2.45) is 0 Å². The van der Waals surface area contributed by atoms with Crippen molar-refractivity contribution >= 4 is 11.8 Å². The number of hydrogen-bond acceptors (Lipinski definition) is 3. The van der Waals surface area contributed by atoms with Crippen molar-refractivity contribution in [2.75, 3.05) is 0 Å². The van der Waals surface area contributed by atoms with E-state index in [9.17, 15) is 9.59 Å². The van der Waals surface area contributed by atoms with Crippen LogP contribution in [0, 0.1) is 0 Å². The van der Waals surface area contributed by atoms with Crippen LogP contribution in [0.1, 0.15) is 52.1 Å². The summed E-state index contributed by atoms with van der Waals surface area (Å²) >= 11 is 0. The lowest BCUT2D eigenvalue weighted by Gasteiger charge is -2.14. The minimum Gasteiger partial charge on any atom is -0.349 e. The first-order valence-corrected chi connectivity index (χ1v) is 7.75. The molecule has 3 rings (SSSR count). The minimum atomic E-state index is -0.241. The van der Waals surface area contributed by atoms with Crippen LogP contribution in [0.15, 0.2) is 48.8 Å². The number of pyridine rings is 1. The van der Waals surface area contributed by atoms with Crippen LogP contribution >= 0.6 is 0 Å². The molecule has 1 unspecified atom stereocenters. The molecule has 1 saturated carbocycles. The Bertz CT molecular complexity index is 711. The number of aromatic nitrogens is 1. The molecule has 1 heterocycles. The fourth-order valence-corrected chi connectivity index (χ4v) is 2.29. The summed E-state index contributed by atoms with van der Waals surface area (Å²) in [5, 5.41) is 5.81. The number of rotatable bonds is 5. The van der Waals surface area contributed by atoms with Crippen LogP contribution in [-0.4, -0.2) is 22.8 Å². The molecule has 0 bridgehead atoms. The molecule has 1 aromatic heterocycles. The van der Waals surface area contributed by atoms with Gasteiger partial charge in [-0.25, -0.2) is 0 Å². The van der Waals surface area contributed by atoms with Crippen LogP contribution in [-0.2, 0) is 0 Å². The van der Waals surface area contributed by atoms with Gasteiger partial charge < -0.3 is 10.6 Å². The first-order valence-electron chi connectivity index (χ1n) is 7.75. The van der Waals surface area contributed by atoms with Gasteiger partial charge in [0.05, 0.1) is 17.2 Å². The number of nitrogens with zero attached hydrogens (tertiary/aromatic N) is 1.